The van der Waals surface area contributed by atoms with Crippen molar-refractivity contribution in [3.63, 3.8) is 0 Å². The summed E-state index contributed by atoms with van der Waals surface area (Å²) in [4.78, 5) is 0. The molecule has 0 N–H and O–H groups in total. The summed E-state index contributed by atoms with van der Waals surface area (Å²) < 4.78 is 19.2. The van der Waals surface area contributed by atoms with Gasteiger partial charge in [-0.1, -0.05) is 6.07 Å². The van der Waals surface area contributed by atoms with E-state index in [0.29, 0.717) is 4.47 Å². The Hall–Kier alpha value is -0.940. The zero-order chi connectivity index (χ0) is 10.8. The third-order valence-electron chi connectivity index (χ3n) is 1.76. The molecular formula is C9H5BrClFN2O. The van der Waals surface area contributed by atoms with Crippen LogP contribution in [-0.4, -0.2) is 10.2 Å². The quantitative estimate of drug-likeness (QED) is 0.796. The standard InChI is InChI=1S/C9H5BrClFN2O/c10-5-2-1-3-6(12)8(5)9-14-13-7(4-11)15-9/h1-3H,4H2. The van der Waals surface area contributed by atoms with Gasteiger partial charge < -0.3 is 4.42 Å². The number of halogens is 3. The Morgan fingerprint density at radius 1 is 1.40 bits per heavy atom. The number of hydrogen-bond acceptors (Lipinski definition) is 3. The van der Waals surface area contributed by atoms with E-state index in [1.54, 1.807) is 12.1 Å². The minimum Gasteiger partial charge on any atom is -0.419 e. The highest BCUT2D eigenvalue weighted by atomic mass is 79.9. The first-order valence-electron chi connectivity index (χ1n) is 4.05. The first-order valence-corrected chi connectivity index (χ1v) is 5.38. The van der Waals surface area contributed by atoms with E-state index in [2.05, 4.69) is 26.1 Å². The fraction of sp³-hybridized carbons (Fsp3) is 0.111. The molecule has 0 aliphatic heterocycles. The SMILES string of the molecule is Fc1cccc(Br)c1-c1nnc(CCl)o1. The molecule has 78 valence electrons. The fourth-order valence-electron chi connectivity index (χ4n) is 1.11. The maximum Gasteiger partial charge on any atom is 0.251 e. The van der Waals surface area contributed by atoms with Crippen molar-refractivity contribution >= 4 is 27.5 Å². The normalized spacial score (nSPS) is 10.6. The summed E-state index contributed by atoms with van der Waals surface area (Å²) in [5, 5.41) is 7.36. The summed E-state index contributed by atoms with van der Waals surface area (Å²) in [5.41, 5.74) is 0.251. The van der Waals surface area contributed by atoms with Gasteiger partial charge in [0.2, 0.25) is 5.89 Å². The lowest BCUT2D eigenvalue weighted by atomic mass is 10.2. The molecule has 0 unspecified atom stereocenters. The molecule has 0 spiro atoms. The van der Waals surface area contributed by atoms with E-state index in [4.69, 9.17) is 16.0 Å². The predicted molar refractivity (Wildman–Crippen MR) is 56.9 cm³/mol. The molecule has 0 aliphatic carbocycles. The van der Waals surface area contributed by atoms with Crippen molar-refractivity contribution < 1.29 is 8.81 Å². The Bertz CT molecular complexity index is 468. The molecule has 0 bridgehead atoms. The number of rotatable bonds is 2. The number of hydrogen-bond donors (Lipinski definition) is 0. The smallest absolute Gasteiger partial charge is 0.251 e. The third-order valence-corrected chi connectivity index (χ3v) is 2.65. The molecule has 0 saturated carbocycles. The van der Waals surface area contributed by atoms with Gasteiger partial charge in [-0.2, -0.15) is 0 Å². The van der Waals surface area contributed by atoms with Gasteiger partial charge in [0, 0.05) is 4.47 Å². The van der Waals surface area contributed by atoms with E-state index in [9.17, 15) is 4.39 Å². The average Bonchev–Trinajstić information content (AvgIpc) is 2.66. The lowest BCUT2D eigenvalue weighted by Crippen LogP contribution is -1.85. The van der Waals surface area contributed by atoms with Crippen LogP contribution in [0.2, 0.25) is 0 Å². The van der Waals surface area contributed by atoms with Crippen LogP contribution in [0.1, 0.15) is 5.89 Å². The molecule has 1 aromatic carbocycles. The van der Waals surface area contributed by atoms with E-state index in [-0.39, 0.29) is 23.2 Å². The second-order valence-corrected chi connectivity index (χ2v) is 3.85. The van der Waals surface area contributed by atoms with Crippen LogP contribution in [-0.2, 0) is 5.88 Å². The van der Waals surface area contributed by atoms with Crippen molar-refractivity contribution in [2.75, 3.05) is 0 Å². The molecule has 6 heteroatoms. The van der Waals surface area contributed by atoms with Crippen LogP contribution in [0, 0.1) is 5.82 Å². The molecule has 2 rings (SSSR count). The number of nitrogens with zero attached hydrogens (tertiary/aromatic N) is 2. The summed E-state index contributed by atoms with van der Waals surface area (Å²) in [7, 11) is 0. The van der Waals surface area contributed by atoms with Gasteiger partial charge in [-0.25, -0.2) is 4.39 Å². The minimum absolute atomic E-state index is 0.110. The van der Waals surface area contributed by atoms with Crippen molar-refractivity contribution in [2.45, 2.75) is 5.88 Å². The van der Waals surface area contributed by atoms with Crippen molar-refractivity contribution in [1.29, 1.82) is 0 Å². The highest BCUT2D eigenvalue weighted by Crippen LogP contribution is 2.29. The largest absolute Gasteiger partial charge is 0.419 e. The number of alkyl halides is 1. The lowest BCUT2D eigenvalue weighted by Gasteiger charge is -1.99. The van der Waals surface area contributed by atoms with Crippen LogP contribution in [0.5, 0.6) is 0 Å². The molecule has 15 heavy (non-hydrogen) atoms. The fourth-order valence-corrected chi connectivity index (χ4v) is 1.73. The van der Waals surface area contributed by atoms with Crippen LogP contribution >= 0.6 is 27.5 Å². The number of aromatic nitrogens is 2. The van der Waals surface area contributed by atoms with Gasteiger partial charge >= 0.3 is 0 Å². The van der Waals surface area contributed by atoms with Gasteiger partial charge in [-0.05, 0) is 28.1 Å². The Balaban J connectivity index is 2.53. The van der Waals surface area contributed by atoms with Crippen LogP contribution < -0.4 is 0 Å². The molecule has 0 fully saturated rings. The molecule has 0 amide bonds. The van der Waals surface area contributed by atoms with Gasteiger partial charge in [0.15, 0.2) is 0 Å². The van der Waals surface area contributed by atoms with Crippen LogP contribution in [0.3, 0.4) is 0 Å². The topological polar surface area (TPSA) is 38.9 Å². The molecule has 1 heterocycles. The van der Waals surface area contributed by atoms with E-state index in [0.717, 1.165) is 0 Å². The Morgan fingerprint density at radius 2 is 2.20 bits per heavy atom. The van der Waals surface area contributed by atoms with Crippen molar-refractivity contribution in [1.82, 2.24) is 10.2 Å². The Labute approximate surface area is 98.4 Å². The lowest BCUT2D eigenvalue weighted by molar-refractivity contribution is 0.521. The zero-order valence-electron chi connectivity index (χ0n) is 7.38. The number of benzene rings is 1. The molecule has 3 nitrogen and oxygen atoms in total. The molecular weight excluding hydrogens is 286 g/mol. The summed E-state index contributed by atoms with van der Waals surface area (Å²) in [5.74, 6) is 0.0746. The third kappa shape index (κ3) is 2.03. The molecule has 0 saturated heterocycles. The van der Waals surface area contributed by atoms with Gasteiger partial charge in [-0.15, -0.1) is 21.8 Å². The van der Waals surface area contributed by atoms with Gasteiger partial charge in [0.05, 0.1) is 5.56 Å². The molecule has 1 aromatic heterocycles. The molecule has 0 atom stereocenters. The first-order chi connectivity index (χ1) is 7.22. The summed E-state index contributed by atoms with van der Waals surface area (Å²) in [6.45, 7) is 0. The van der Waals surface area contributed by atoms with Gasteiger partial charge in [0.25, 0.3) is 5.89 Å². The molecule has 0 aliphatic rings. The van der Waals surface area contributed by atoms with Crippen LogP contribution in [0.15, 0.2) is 27.1 Å². The van der Waals surface area contributed by atoms with Crippen molar-refractivity contribution in [2.24, 2.45) is 0 Å². The summed E-state index contributed by atoms with van der Waals surface area (Å²) in [6, 6.07) is 4.61. The Morgan fingerprint density at radius 3 is 2.80 bits per heavy atom. The minimum atomic E-state index is -0.422. The Kier molecular flexibility index (Phi) is 3.02. The maximum atomic E-state index is 13.5. The van der Waals surface area contributed by atoms with E-state index < -0.39 is 5.82 Å². The van der Waals surface area contributed by atoms with Crippen molar-refractivity contribution in [3.05, 3.63) is 34.4 Å². The second-order valence-electron chi connectivity index (χ2n) is 2.73. The maximum absolute atomic E-state index is 13.5. The first kappa shape index (κ1) is 10.6. The van der Waals surface area contributed by atoms with Crippen LogP contribution in [0.4, 0.5) is 4.39 Å². The van der Waals surface area contributed by atoms with Gasteiger partial charge in [-0.3, -0.25) is 0 Å². The zero-order valence-corrected chi connectivity index (χ0v) is 9.72. The highest BCUT2D eigenvalue weighted by Gasteiger charge is 2.15. The summed E-state index contributed by atoms with van der Waals surface area (Å²) >= 11 is 8.72. The molecule has 0 radical (unpaired) electrons. The van der Waals surface area contributed by atoms with Crippen LogP contribution in [0.25, 0.3) is 11.5 Å². The highest BCUT2D eigenvalue weighted by molar-refractivity contribution is 9.10. The monoisotopic (exact) mass is 290 g/mol. The second kappa shape index (κ2) is 4.28. The molecule has 2 aromatic rings. The van der Waals surface area contributed by atoms with E-state index in [1.165, 1.54) is 6.07 Å². The van der Waals surface area contributed by atoms with E-state index >= 15 is 0 Å². The van der Waals surface area contributed by atoms with Crippen molar-refractivity contribution in [3.8, 4) is 11.5 Å². The summed E-state index contributed by atoms with van der Waals surface area (Å²) in [6.07, 6.45) is 0. The average molecular weight is 292 g/mol. The van der Waals surface area contributed by atoms with Gasteiger partial charge in [0.1, 0.15) is 11.7 Å². The predicted octanol–water partition coefficient (Wildman–Crippen LogP) is 3.38. The van der Waals surface area contributed by atoms with E-state index in [1.807, 2.05) is 0 Å².